The Morgan fingerprint density at radius 2 is 2.50 bits per heavy atom. The van der Waals surface area contributed by atoms with E-state index in [1.165, 1.54) is 0 Å². The normalized spacial score (nSPS) is 13.5. The lowest BCUT2D eigenvalue weighted by molar-refractivity contribution is 0.0690. The third kappa shape index (κ3) is 1.45. The van der Waals surface area contributed by atoms with Gasteiger partial charge in [0.05, 0.1) is 9.13 Å². The zero-order valence-electron chi connectivity index (χ0n) is 7.68. The first kappa shape index (κ1) is 3.93. The van der Waals surface area contributed by atoms with Gasteiger partial charge >= 0.3 is 5.97 Å². The largest absolute Gasteiger partial charge is 0.477 e. The van der Waals surface area contributed by atoms with E-state index < -0.39 is 29.9 Å². The van der Waals surface area contributed by atoms with Gasteiger partial charge in [-0.15, -0.1) is 0 Å². The van der Waals surface area contributed by atoms with Crippen LogP contribution in [0.15, 0.2) is 18.3 Å². The van der Waals surface area contributed by atoms with Crippen LogP contribution in [0.25, 0.3) is 0 Å². The van der Waals surface area contributed by atoms with E-state index in [4.69, 9.17) is 20.8 Å². The SMILES string of the molecule is [2H]c1nc(C(=O)O)c([2H])c([2H])c1Cl. The summed E-state index contributed by atoms with van der Waals surface area (Å²) in [6.07, 6.45) is -0.500. The zero-order chi connectivity index (χ0) is 10.2. The molecule has 4 heteroatoms. The number of halogens is 1. The first-order chi connectivity index (χ1) is 5.95. The van der Waals surface area contributed by atoms with Crippen molar-refractivity contribution in [2.24, 2.45) is 0 Å². The topological polar surface area (TPSA) is 50.2 Å². The molecule has 1 rings (SSSR count). The van der Waals surface area contributed by atoms with Crippen molar-refractivity contribution in [1.29, 1.82) is 0 Å². The number of rotatable bonds is 1. The quantitative estimate of drug-likeness (QED) is 0.676. The van der Waals surface area contributed by atoms with Crippen LogP contribution >= 0.6 is 11.6 Å². The molecule has 0 aliphatic carbocycles. The number of carbonyl (C=O) groups is 1. The van der Waals surface area contributed by atoms with Gasteiger partial charge in [0.2, 0.25) is 0 Å². The fourth-order valence-electron chi connectivity index (χ4n) is 0.376. The molecule has 0 unspecified atom stereocenters. The second-order valence-electron chi connectivity index (χ2n) is 1.44. The maximum absolute atomic E-state index is 10.4. The minimum Gasteiger partial charge on any atom is -0.477 e. The number of carboxylic acids is 1. The molecule has 0 saturated carbocycles. The Morgan fingerprint density at radius 3 is 3.10 bits per heavy atom. The van der Waals surface area contributed by atoms with Gasteiger partial charge in [-0.1, -0.05) is 11.6 Å². The average molecular weight is 161 g/mol. The van der Waals surface area contributed by atoms with Gasteiger partial charge < -0.3 is 5.11 Å². The van der Waals surface area contributed by atoms with Crippen LogP contribution in [0.4, 0.5) is 0 Å². The Morgan fingerprint density at radius 1 is 1.80 bits per heavy atom. The fraction of sp³-hybridized carbons (Fsp3) is 0. The van der Waals surface area contributed by atoms with Crippen molar-refractivity contribution in [3.63, 3.8) is 0 Å². The number of pyridine rings is 1. The Balaban J connectivity index is 3.50. The molecule has 0 bridgehead atoms. The highest BCUT2D eigenvalue weighted by Gasteiger charge is 2.01. The van der Waals surface area contributed by atoms with Crippen LogP contribution in [0.2, 0.25) is 5.02 Å². The summed E-state index contributed by atoms with van der Waals surface area (Å²) in [5, 5.41) is 8.20. The second-order valence-corrected chi connectivity index (χ2v) is 1.82. The van der Waals surface area contributed by atoms with E-state index in [0.717, 1.165) is 0 Å². The molecule has 0 saturated heterocycles. The predicted octanol–water partition coefficient (Wildman–Crippen LogP) is 1.43. The molecular weight excluding hydrogens is 154 g/mol. The lowest BCUT2D eigenvalue weighted by Gasteiger charge is -1.90. The molecule has 10 heavy (non-hydrogen) atoms. The van der Waals surface area contributed by atoms with Gasteiger partial charge in [0, 0.05) is 6.17 Å². The van der Waals surface area contributed by atoms with Crippen LogP contribution in [-0.2, 0) is 0 Å². The summed E-state index contributed by atoms with van der Waals surface area (Å²) in [7, 11) is 0. The first-order valence-corrected chi connectivity index (χ1v) is 2.69. The number of hydrogen-bond acceptors (Lipinski definition) is 2. The Kier molecular flexibility index (Phi) is 1.05. The van der Waals surface area contributed by atoms with E-state index in [0.29, 0.717) is 0 Å². The van der Waals surface area contributed by atoms with Crippen molar-refractivity contribution in [3.05, 3.63) is 29.0 Å². The van der Waals surface area contributed by atoms with Gasteiger partial charge in [-0.3, -0.25) is 0 Å². The van der Waals surface area contributed by atoms with Gasteiger partial charge in [0.1, 0.15) is 5.69 Å². The van der Waals surface area contributed by atoms with Gasteiger partial charge in [-0.25, -0.2) is 9.78 Å². The summed E-state index contributed by atoms with van der Waals surface area (Å²) in [4.78, 5) is 13.7. The number of carboxylic acid groups (broad SMARTS) is 1. The zero-order valence-corrected chi connectivity index (χ0v) is 5.44. The smallest absolute Gasteiger partial charge is 0.354 e. The summed E-state index contributed by atoms with van der Waals surface area (Å²) in [6, 6.07) is -1.06. The monoisotopic (exact) mass is 160 g/mol. The van der Waals surface area contributed by atoms with Crippen LogP contribution < -0.4 is 0 Å². The van der Waals surface area contributed by atoms with Crippen LogP contribution in [0.5, 0.6) is 0 Å². The second kappa shape index (κ2) is 2.66. The highest BCUT2D eigenvalue weighted by atomic mass is 35.5. The molecule has 0 amide bonds. The molecule has 0 aliphatic heterocycles. The van der Waals surface area contributed by atoms with Crippen LogP contribution in [-0.4, -0.2) is 16.1 Å². The molecular formula is C6H4ClNO2. The standard InChI is InChI=1S/C6H4ClNO2/c7-4-1-2-5(6(9)10)8-3-4/h1-3H,(H,9,10)/i1D,2D,3D. The van der Waals surface area contributed by atoms with Crippen molar-refractivity contribution in [2.45, 2.75) is 0 Å². The molecule has 0 aromatic carbocycles. The van der Waals surface area contributed by atoms with Crippen LogP contribution in [0.3, 0.4) is 0 Å². The number of hydrogen-bond donors (Lipinski definition) is 1. The van der Waals surface area contributed by atoms with Crippen molar-refractivity contribution >= 4 is 17.6 Å². The van der Waals surface area contributed by atoms with Gasteiger partial charge in [-0.05, 0) is 12.1 Å². The summed E-state index contributed by atoms with van der Waals surface area (Å²) >= 11 is 5.41. The molecule has 52 valence electrons. The lowest BCUT2D eigenvalue weighted by Crippen LogP contribution is -1.98. The summed E-state index contributed by atoms with van der Waals surface area (Å²) in [5.74, 6) is -1.44. The minimum atomic E-state index is -1.44. The Bertz CT molecular complexity index is 383. The minimum absolute atomic E-state index is 0.310. The fourth-order valence-corrected chi connectivity index (χ4v) is 0.466. The third-order valence-electron chi connectivity index (χ3n) is 0.759. The molecule has 0 spiro atoms. The first-order valence-electron chi connectivity index (χ1n) is 3.81. The molecule has 1 aromatic heterocycles. The Labute approximate surface area is 66.5 Å². The maximum atomic E-state index is 10.4. The van der Waals surface area contributed by atoms with Crippen LogP contribution in [0, 0.1) is 0 Å². The average Bonchev–Trinajstić information content (AvgIpc) is 2.07. The van der Waals surface area contributed by atoms with Gasteiger partial charge in [-0.2, -0.15) is 0 Å². The molecule has 0 atom stereocenters. The van der Waals surface area contributed by atoms with E-state index in [-0.39, 0.29) is 5.02 Å². The number of nitrogens with zero attached hydrogens (tertiary/aromatic N) is 1. The van der Waals surface area contributed by atoms with Gasteiger partial charge in [0.15, 0.2) is 0 Å². The van der Waals surface area contributed by atoms with Gasteiger partial charge in [0.25, 0.3) is 0 Å². The molecule has 0 fully saturated rings. The van der Waals surface area contributed by atoms with Crippen molar-refractivity contribution < 1.29 is 14.0 Å². The molecule has 3 nitrogen and oxygen atoms in total. The van der Waals surface area contributed by atoms with E-state index in [2.05, 4.69) is 4.98 Å². The van der Waals surface area contributed by atoms with E-state index in [1.54, 1.807) is 0 Å². The third-order valence-corrected chi connectivity index (χ3v) is 0.938. The summed E-state index contributed by atoms with van der Waals surface area (Å²) in [6.45, 7) is 0. The molecule has 1 N–H and O–H groups in total. The highest BCUT2D eigenvalue weighted by Crippen LogP contribution is 2.05. The maximum Gasteiger partial charge on any atom is 0.354 e. The highest BCUT2D eigenvalue weighted by molar-refractivity contribution is 6.30. The molecule has 1 heterocycles. The van der Waals surface area contributed by atoms with E-state index >= 15 is 0 Å². The van der Waals surface area contributed by atoms with Crippen LogP contribution in [0.1, 0.15) is 14.6 Å². The molecule has 0 aliphatic rings. The molecule has 0 radical (unpaired) electrons. The van der Waals surface area contributed by atoms with E-state index in [1.807, 2.05) is 0 Å². The lowest BCUT2D eigenvalue weighted by atomic mass is 10.4. The summed E-state index contributed by atoms with van der Waals surface area (Å²) in [5.41, 5.74) is -0.626. The van der Waals surface area contributed by atoms with Crippen molar-refractivity contribution in [1.82, 2.24) is 4.98 Å². The Hall–Kier alpha value is -1.09. The van der Waals surface area contributed by atoms with E-state index in [9.17, 15) is 4.79 Å². The molecule has 1 aromatic rings. The summed E-state index contributed by atoms with van der Waals surface area (Å²) < 4.78 is 21.4. The predicted molar refractivity (Wildman–Crippen MR) is 36.2 cm³/mol. The van der Waals surface area contributed by atoms with Crippen molar-refractivity contribution in [2.75, 3.05) is 0 Å². The number of aromatic nitrogens is 1. The number of aromatic carboxylic acids is 1. The van der Waals surface area contributed by atoms with Crippen molar-refractivity contribution in [3.8, 4) is 0 Å².